The number of carbonyl (C=O) groups excluding carboxylic acids is 2. The first-order valence-electron chi connectivity index (χ1n) is 9.01. The molecule has 2 atom stereocenters. The molecule has 0 radical (unpaired) electrons. The highest BCUT2D eigenvalue weighted by Crippen LogP contribution is 2.15. The van der Waals surface area contributed by atoms with Crippen molar-refractivity contribution in [3.63, 3.8) is 0 Å². The van der Waals surface area contributed by atoms with Crippen LogP contribution in [0.4, 0.5) is 10.5 Å². The lowest BCUT2D eigenvalue weighted by molar-refractivity contribution is -0.384. The largest absolute Gasteiger partial charge is 0.444 e. The topological polar surface area (TPSA) is 145 Å². The first kappa shape index (κ1) is 24.3. The van der Waals surface area contributed by atoms with Gasteiger partial charge in [0.25, 0.3) is 11.6 Å². The molecule has 1 aromatic carbocycles. The van der Waals surface area contributed by atoms with Crippen LogP contribution in [0.5, 0.6) is 0 Å². The molecule has 29 heavy (non-hydrogen) atoms. The third-order valence-corrected chi connectivity index (χ3v) is 5.15. The van der Waals surface area contributed by atoms with Crippen LogP contribution in [0, 0.1) is 16.0 Å². The minimum Gasteiger partial charge on any atom is -0.444 e. The number of hydrogen-bond acceptors (Lipinski definition) is 7. The highest BCUT2D eigenvalue weighted by molar-refractivity contribution is 7.89. The predicted octanol–water partition coefficient (Wildman–Crippen LogP) is 2.48. The Kier molecular flexibility index (Phi) is 8.13. The minimum absolute atomic E-state index is 0.173. The average Bonchev–Trinajstić information content (AvgIpc) is 2.57. The second kappa shape index (κ2) is 9.68. The van der Waals surface area contributed by atoms with Crippen LogP contribution in [0.3, 0.4) is 0 Å². The summed E-state index contributed by atoms with van der Waals surface area (Å²) in [5.41, 5.74) is -0.674. The molecule has 0 aliphatic rings. The molecule has 162 valence electrons. The molecule has 1 rings (SSSR count). The molecule has 0 fully saturated rings. The Morgan fingerprint density at radius 1 is 1.21 bits per heavy atom. The average molecular weight is 429 g/mol. The summed E-state index contributed by atoms with van der Waals surface area (Å²) in [7, 11) is -4.09. The summed E-state index contributed by atoms with van der Waals surface area (Å²) in [4.78, 5) is 34.6. The van der Waals surface area contributed by atoms with Gasteiger partial charge in [-0.05, 0) is 32.3 Å². The molecule has 0 aliphatic carbocycles. The van der Waals surface area contributed by atoms with Crippen LogP contribution < -0.4 is 10.0 Å². The number of nitro benzene ring substituents is 1. The SMILES string of the molecule is CCC(C)C(NC(=O)OC(C)(C)C)C(=O)NS(=O)(=O)Cc1ccc([N+](=O)[O-])cc1. The van der Waals surface area contributed by atoms with Crippen LogP contribution in [-0.4, -0.2) is 37.0 Å². The van der Waals surface area contributed by atoms with Crippen molar-refractivity contribution >= 4 is 27.7 Å². The maximum Gasteiger partial charge on any atom is 0.408 e. The Labute approximate surface area is 170 Å². The molecule has 0 spiro atoms. The summed E-state index contributed by atoms with van der Waals surface area (Å²) in [5, 5.41) is 13.1. The van der Waals surface area contributed by atoms with E-state index in [4.69, 9.17) is 4.74 Å². The summed E-state index contributed by atoms with van der Waals surface area (Å²) in [6.07, 6.45) is -0.318. The number of ether oxygens (including phenoxy) is 1. The number of hydrogen-bond donors (Lipinski definition) is 2. The van der Waals surface area contributed by atoms with Crippen molar-refractivity contribution < 1.29 is 27.7 Å². The van der Waals surface area contributed by atoms with Gasteiger partial charge in [-0.25, -0.2) is 13.2 Å². The number of nitro groups is 1. The van der Waals surface area contributed by atoms with Crippen molar-refractivity contribution in [3.05, 3.63) is 39.9 Å². The summed E-state index contributed by atoms with van der Waals surface area (Å²) >= 11 is 0. The van der Waals surface area contributed by atoms with Crippen molar-refractivity contribution in [2.45, 2.75) is 58.4 Å². The molecule has 0 saturated carbocycles. The van der Waals surface area contributed by atoms with Crippen molar-refractivity contribution in [1.29, 1.82) is 0 Å². The molecule has 2 amide bonds. The lowest BCUT2D eigenvalue weighted by Gasteiger charge is -2.26. The van der Waals surface area contributed by atoms with Gasteiger partial charge in [0, 0.05) is 12.1 Å². The molecule has 2 unspecified atom stereocenters. The lowest BCUT2D eigenvalue weighted by atomic mass is 9.99. The summed E-state index contributed by atoms with van der Waals surface area (Å²) in [6, 6.07) is 3.85. The number of non-ortho nitro benzene ring substituents is 1. The zero-order chi connectivity index (χ0) is 22.4. The summed E-state index contributed by atoms with van der Waals surface area (Å²) in [6.45, 7) is 8.50. The van der Waals surface area contributed by atoms with Gasteiger partial charge in [-0.15, -0.1) is 0 Å². The minimum atomic E-state index is -4.09. The zero-order valence-corrected chi connectivity index (χ0v) is 17.9. The number of rotatable bonds is 8. The van der Waals surface area contributed by atoms with E-state index in [0.717, 1.165) is 0 Å². The molecule has 0 bridgehead atoms. The van der Waals surface area contributed by atoms with Gasteiger partial charge >= 0.3 is 6.09 Å². The van der Waals surface area contributed by atoms with Gasteiger partial charge in [0.15, 0.2) is 0 Å². The Morgan fingerprint density at radius 3 is 2.21 bits per heavy atom. The normalized spacial score (nSPS) is 13.8. The molecule has 2 N–H and O–H groups in total. The summed E-state index contributed by atoms with van der Waals surface area (Å²) in [5.74, 6) is -1.78. The fourth-order valence-corrected chi connectivity index (χ4v) is 3.46. The Morgan fingerprint density at radius 2 is 1.76 bits per heavy atom. The molecule has 0 saturated heterocycles. The maximum absolute atomic E-state index is 12.5. The first-order chi connectivity index (χ1) is 13.2. The van der Waals surface area contributed by atoms with Crippen LogP contribution in [0.1, 0.15) is 46.6 Å². The van der Waals surface area contributed by atoms with Gasteiger partial charge in [0.05, 0.1) is 10.7 Å². The first-order valence-corrected chi connectivity index (χ1v) is 10.7. The van der Waals surface area contributed by atoms with Crippen LogP contribution >= 0.6 is 0 Å². The van der Waals surface area contributed by atoms with Crippen LogP contribution in [0.15, 0.2) is 24.3 Å². The molecule has 0 heterocycles. The monoisotopic (exact) mass is 429 g/mol. The van der Waals surface area contributed by atoms with E-state index >= 15 is 0 Å². The highest BCUT2D eigenvalue weighted by Gasteiger charge is 2.30. The Balaban J connectivity index is 2.88. The number of nitrogens with zero attached hydrogens (tertiary/aromatic N) is 1. The van der Waals surface area contributed by atoms with E-state index < -0.39 is 44.3 Å². The van der Waals surface area contributed by atoms with E-state index in [0.29, 0.717) is 6.42 Å². The lowest BCUT2D eigenvalue weighted by Crippen LogP contribution is -2.52. The molecule has 11 heteroatoms. The van der Waals surface area contributed by atoms with Crippen molar-refractivity contribution in [3.8, 4) is 0 Å². The molecule has 0 aromatic heterocycles. The van der Waals surface area contributed by atoms with Gasteiger partial charge in [0.2, 0.25) is 10.0 Å². The van der Waals surface area contributed by atoms with E-state index in [1.165, 1.54) is 24.3 Å². The van der Waals surface area contributed by atoms with E-state index in [1.807, 2.05) is 4.72 Å². The third kappa shape index (κ3) is 8.46. The molecule has 10 nitrogen and oxygen atoms in total. The quantitative estimate of drug-likeness (QED) is 0.477. The van der Waals surface area contributed by atoms with E-state index in [2.05, 4.69) is 5.32 Å². The number of carbonyl (C=O) groups is 2. The maximum atomic E-state index is 12.5. The van der Waals surface area contributed by atoms with Crippen molar-refractivity contribution in [2.75, 3.05) is 0 Å². The molecule has 1 aromatic rings. The fourth-order valence-electron chi connectivity index (χ4n) is 2.32. The van der Waals surface area contributed by atoms with Gasteiger partial charge in [-0.2, -0.15) is 0 Å². The second-order valence-electron chi connectivity index (χ2n) is 7.66. The second-order valence-corrected chi connectivity index (χ2v) is 9.38. The Bertz CT molecular complexity index is 845. The van der Waals surface area contributed by atoms with Gasteiger partial charge in [0.1, 0.15) is 11.6 Å². The number of amides is 2. The Hall–Kier alpha value is -2.69. The third-order valence-electron chi connectivity index (χ3n) is 3.93. The number of nitrogens with one attached hydrogen (secondary N) is 2. The highest BCUT2D eigenvalue weighted by atomic mass is 32.2. The van der Waals surface area contributed by atoms with E-state index in [-0.39, 0.29) is 17.2 Å². The van der Waals surface area contributed by atoms with Crippen LogP contribution in [-0.2, 0) is 25.3 Å². The molecular formula is C18H27N3O7S. The molecule has 0 aliphatic heterocycles. The van der Waals surface area contributed by atoms with Crippen molar-refractivity contribution in [1.82, 2.24) is 10.0 Å². The van der Waals surface area contributed by atoms with Gasteiger partial charge in [-0.3, -0.25) is 19.6 Å². The fraction of sp³-hybridized carbons (Fsp3) is 0.556. The van der Waals surface area contributed by atoms with Gasteiger partial charge < -0.3 is 10.1 Å². The number of alkyl carbamates (subject to hydrolysis) is 1. The van der Waals surface area contributed by atoms with Gasteiger partial charge in [-0.1, -0.05) is 32.4 Å². The smallest absolute Gasteiger partial charge is 0.408 e. The van der Waals surface area contributed by atoms with Crippen LogP contribution in [0.2, 0.25) is 0 Å². The molecular weight excluding hydrogens is 402 g/mol. The zero-order valence-electron chi connectivity index (χ0n) is 17.1. The van der Waals surface area contributed by atoms with E-state index in [1.54, 1.807) is 34.6 Å². The predicted molar refractivity (Wildman–Crippen MR) is 106 cm³/mol. The van der Waals surface area contributed by atoms with Crippen LogP contribution in [0.25, 0.3) is 0 Å². The number of sulfonamides is 1. The van der Waals surface area contributed by atoms with Crippen molar-refractivity contribution in [2.24, 2.45) is 5.92 Å². The number of benzene rings is 1. The van der Waals surface area contributed by atoms with E-state index in [9.17, 15) is 28.1 Å². The summed E-state index contributed by atoms with van der Waals surface area (Å²) < 4.78 is 31.8. The standard InChI is InChI=1S/C18H27N3O7S/c1-6-12(2)15(19-17(23)28-18(3,4)5)16(22)20-29(26,27)11-13-7-9-14(10-8-13)21(24)25/h7-10,12,15H,6,11H2,1-5H3,(H,19,23)(H,20,22).